The number of benzene rings is 3. The molecule has 0 spiro atoms. The number of nitrogens with one attached hydrogen (secondary N) is 1. The largest absolute Gasteiger partial charge is 0.497 e. The van der Waals surface area contributed by atoms with Crippen LogP contribution in [0, 0.1) is 0 Å². The highest BCUT2D eigenvalue weighted by molar-refractivity contribution is 7.92. The summed E-state index contributed by atoms with van der Waals surface area (Å²) in [7, 11) is -2.07. The number of methoxy groups -OCH3 is 1. The molecule has 0 fully saturated rings. The average Bonchev–Trinajstić information content (AvgIpc) is 2.92. The second-order valence-corrected chi connectivity index (χ2v) is 12.5. The smallest absolute Gasteiger partial charge is 0.243 e. The van der Waals surface area contributed by atoms with Crippen molar-refractivity contribution >= 4 is 39.1 Å². The van der Waals surface area contributed by atoms with Gasteiger partial charge in [0.2, 0.25) is 21.8 Å². The number of carbonyl (C=O) groups is 2. The lowest BCUT2D eigenvalue weighted by Gasteiger charge is -2.32. The van der Waals surface area contributed by atoms with E-state index in [0.717, 1.165) is 17.4 Å². The molecule has 0 bridgehead atoms. The van der Waals surface area contributed by atoms with E-state index in [-0.39, 0.29) is 43.8 Å². The van der Waals surface area contributed by atoms with Gasteiger partial charge < -0.3 is 15.0 Å². The van der Waals surface area contributed by atoms with Gasteiger partial charge in [0.05, 0.1) is 19.1 Å². The van der Waals surface area contributed by atoms with Crippen LogP contribution in [0.4, 0.5) is 5.69 Å². The van der Waals surface area contributed by atoms with Crippen LogP contribution in [0.15, 0.2) is 78.9 Å². The van der Waals surface area contributed by atoms with Crippen molar-refractivity contribution in [3.05, 3.63) is 95.0 Å². The molecule has 0 aliphatic heterocycles. The summed E-state index contributed by atoms with van der Waals surface area (Å²) >= 11 is 6.23. The van der Waals surface area contributed by atoms with E-state index in [4.69, 9.17) is 16.3 Å². The van der Waals surface area contributed by atoms with Gasteiger partial charge in [-0.3, -0.25) is 13.9 Å². The molecule has 1 atom stereocenters. The number of ether oxygens (including phenoxy) is 1. The lowest BCUT2D eigenvalue weighted by atomic mass is 10.0. The zero-order valence-electron chi connectivity index (χ0n) is 23.9. The lowest BCUT2D eigenvalue weighted by molar-refractivity contribution is -0.141. The summed E-state index contributed by atoms with van der Waals surface area (Å²) in [6, 6.07) is 22.6. The first-order chi connectivity index (χ1) is 19.5. The second kappa shape index (κ2) is 14.9. The third kappa shape index (κ3) is 9.79. The normalized spacial score (nSPS) is 12.0. The fourth-order valence-electron chi connectivity index (χ4n) is 4.52. The molecule has 10 heteroatoms. The summed E-state index contributed by atoms with van der Waals surface area (Å²) in [6.07, 6.45) is 1.76. The van der Waals surface area contributed by atoms with Crippen LogP contribution in [0.5, 0.6) is 5.75 Å². The standard InChI is InChI=1S/C31H38ClN3O5S/c1-23(2)33-31(37)29(21-24-10-6-5-7-11-24)34(22-25-12-8-13-26(32)20-25)30(36)14-9-19-35(41(4,38)39)27-15-17-28(40-3)18-16-27/h5-8,10-13,15-18,20,23,29H,9,14,19,21-22H2,1-4H3,(H,33,37). The van der Waals surface area contributed by atoms with Crippen molar-refractivity contribution in [1.29, 1.82) is 0 Å². The molecular weight excluding hydrogens is 562 g/mol. The van der Waals surface area contributed by atoms with Crippen LogP contribution in [0.25, 0.3) is 0 Å². The number of hydrogen-bond donors (Lipinski definition) is 1. The molecule has 0 aromatic heterocycles. The zero-order valence-corrected chi connectivity index (χ0v) is 25.5. The van der Waals surface area contributed by atoms with Crippen LogP contribution >= 0.6 is 11.6 Å². The van der Waals surface area contributed by atoms with Crippen molar-refractivity contribution in [1.82, 2.24) is 10.2 Å². The lowest BCUT2D eigenvalue weighted by Crippen LogP contribution is -2.51. The molecule has 3 aromatic rings. The molecule has 0 saturated heterocycles. The molecule has 1 unspecified atom stereocenters. The van der Waals surface area contributed by atoms with Crippen molar-refractivity contribution in [2.75, 3.05) is 24.2 Å². The van der Waals surface area contributed by atoms with Gasteiger partial charge in [-0.2, -0.15) is 0 Å². The number of halogens is 1. The van der Waals surface area contributed by atoms with E-state index in [9.17, 15) is 18.0 Å². The predicted molar refractivity (Wildman–Crippen MR) is 164 cm³/mol. The Balaban J connectivity index is 1.87. The van der Waals surface area contributed by atoms with Crippen LogP contribution < -0.4 is 14.4 Å². The number of hydrogen-bond acceptors (Lipinski definition) is 5. The van der Waals surface area contributed by atoms with Crippen LogP contribution in [0.2, 0.25) is 5.02 Å². The van der Waals surface area contributed by atoms with Gasteiger partial charge in [0.15, 0.2) is 0 Å². The van der Waals surface area contributed by atoms with E-state index in [1.807, 2.05) is 50.2 Å². The van der Waals surface area contributed by atoms with Crippen LogP contribution in [-0.4, -0.2) is 57.1 Å². The van der Waals surface area contributed by atoms with Crippen molar-refractivity contribution in [3.8, 4) is 5.75 Å². The molecule has 2 amide bonds. The van der Waals surface area contributed by atoms with Crippen molar-refractivity contribution in [2.24, 2.45) is 0 Å². The number of anilines is 1. The van der Waals surface area contributed by atoms with Gasteiger partial charge in [-0.25, -0.2) is 8.42 Å². The van der Waals surface area contributed by atoms with Crippen molar-refractivity contribution < 1.29 is 22.7 Å². The summed E-state index contributed by atoms with van der Waals surface area (Å²) in [5, 5.41) is 3.50. The van der Waals surface area contributed by atoms with E-state index in [0.29, 0.717) is 22.9 Å². The quantitative estimate of drug-likeness (QED) is 0.279. The summed E-state index contributed by atoms with van der Waals surface area (Å²) in [6.45, 7) is 4.03. The zero-order chi connectivity index (χ0) is 30.0. The number of sulfonamides is 1. The topological polar surface area (TPSA) is 96.0 Å². The van der Waals surface area contributed by atoms with Gasteiger partial charge >= 0.3 is 0 Å². The van der Waals surface area contributed by atoms with Crippen molar-refractivity contribution in [3.63, 3.8) is 0 Å². The molecule has 1 N–H and O–H groups in total. The number of rotatable bonds is 14. The Morgan fingerprint density at radius 3 is 2.20 bits per heavy atom. The second-order valence-electron chi connectivity index (χ2n) is 10.2. The Hall–Kier alpha value is -3.56. The molecule has 0 heterocycles. The highest BCUT2D eigenvalue weighted by Gasteiger charge is 2.31. The van der Waals surface area contributed by atoms with Gasteiger partial charge in [-0.15, -0.1) is 0 Å². The van der Waals surface area contributed by atoms with Gasteiger partial charge in [0.1, 0.15) is 11.8 Å². The first kappa shape index (κ1) is 32.0. The van der Waals surface area contributed by atoms with Gasteiger partial charge in [-0.05, 0) is 67.8 Å². The minimum absolute atomic E-state index is 0.0446. The minimum Gasteiger partial charge on any atom is -0.497 e. The van der Waals surface area contributed by atoms with E-state index < -0.39 is 16.1 Å². The molecule has 0 saturated carbocycles. The maximum Gasteiger partial charge on any atom is 0.243 e. The summed E-state index contributed by atoms with van der Waals surface area (Å²) in [5.74, 6) is 0.0985. The van der Waals surface area contributed by atoms with Crippen LogP contribution in [-0.2, 0) is 32.6 Å². The third-order valence-corrected chi connectivity index (χ3v) is 7.89. The SMILES string of the molecule is COc1ccc(N(CCCC(=O)N(Cc2cccc(Cl)c2)C(Cc2ccccc2)C(=O)NC(C)C)S(C)(=O)=O)cc1. The van der Waals surface area contributed by atoms with Crippen LogP contribution in [0.1, 0.15) is 37.8 Å². The molecule has 3 aromatic carbocycles. The number of carbonyl (C=O) groups excluding carboxylic acids is 2. The first-order valence-corrected chi connectivity index (χ1v) is 15.7. The molecular formula is C31H38ClN3O5S. The van der Waals surface area contributed by atoms with Crippen LogP contribution in [0.3, 0.4) is 0 Å². The maximum atomic E-state index is 13.8. The Morgan fingerprint density at radius 1 is 0.951 bits per heavy atom. The molecule has 220 valence electrons. The van der Waals surface area contributed by atoms with Crippen molar-refractivity contribution in [2.45, 2.75) is 51.7 Å². The number of nitrogens with zero attached hydrogens (tertiary/aromatic N) is 2. The summed E-state index contributed by atoms with van der Waals surface area (Å²) in [5.41, 5.74) is 2.19. The summed E-state index contributed by atoms with van der Waals surface area (Å²) in [4.78, 5) is 28.9. The van der Waals surface area contributed by atoms with Gasteiger partial charge in [0, 0.05) is 37.0 Å². The number of amides is 2. The third-order valence-electron chi connectivity index (χ3n) is 6.46. The van der Waals surface area contributed by atoms with E-state index >= 15 is 0 Å². The highest BCUT2D eigenvalue weighted by atomic mass is 35.5. The molecule has 0 radical (unpaired) electrons. The Labute approximate surface area is 248 Å². The molecule has 3 rings (SSSR count). The van der Waals surface area contributed by atoms with Gasteiger partial charge in [0.25, 0.3) is 0 Å². The van der Waals surface area contributed by atoms with Gasteiger partial charge in [-0.1, -0.05) is 54.1 Å². The fraction of sp³-hybridized carbons (Fsp3) is 0.355. The van der Waals surface area contributed by atoms with E-state index in [1.54, 1.807) is 47.4 Å². The molecule has 0 aliphatic rings. The highest BCUT2D eigenvalue weighted by Crippen LogP contribution is 2.23. The molecule has 0 aliphatic carbocycles. The maximum absolute atomic E-state index is 13.8. The Bertz CT molecular complexity index is 1400. The average molecular weight is 600 g/mol. The minimum atomic E-state index is -3.60. The summed E-state index contributed by atoms with van der Waals surface area (Å²) < 4.78 is 31.7. The van der Waals surface area contributed by atoms with E-state index in [2.05, 4.69) is 5.32 Å². The first-order valence-electron chi connectivity index (χ1n) is 13.5. The monoisotopic (exact) mass is 599 g/mol. The molecule has 41 heavy (non-hydrogen) atoms. The molecule has 8 nitrogen and oxygen atoms in total. The Morgan fingerprint density at radius 2 is 1.61 bits per heavy atom. The fourth-order valence-corrected chi connectivity index (χ4v) is 5.70. The Kier molecular flexibility index (Phi) is 11.6. The predicted octanol–water partition coefficient (Wildman–Crippen LogP) is 5.06. The van der Waals surface area contributed by atoms with E-state index in [1.165, 1.54) is 11.4 Å².